The van der Waals surface area contributed by atoms with Gasteiger partial charge in [0.15, 0.2) is 6.61 Å². The van der Waals surface area contributed by atoms with Crippen molar-refractivity contribution < 1.29 is 17.9 Å². The van der Waals surface area contributed by atoms with Crippen molar-refractivity contribution in [2.24, 2.45) is 0 Å². The van der Waals surface area contributed by atoms with Gasteiger partial charge in [-0.2, -0.15) is 13.2 Å². The SMILES string of the molecule is FC(F)(F)COc1ccc2ccccc2c1C#CCCCl. The Kier molecular flexibility index (Phi) is 4.98. The molecule has 0 saturated heterocycles. The molecule has 0 fully saturated rings. The fraction of sp³-hybridized carbons (Fsp3) is 0.250. The zero-order valence-corrected chi connectivity index (χ0v) is 11.8. The maximum atomic E-state index is 12.3. The van der Waals surface area contributed by atoms with E-state index in [-0.39, 0.29) is 5.75 Å². The van der Waals surface area contributed by atoms with Crippen molar-refractivity contribution in [3.63, 3.8) is 0 Å². The van der Waals surface area contributed by atoms with Crippen molar-refractivity contribution in [3.05, 3.63) is 42.0 Å². The zero-order valence-electron chi connectivity index (χ0n) is 11.0. The number of hydrogen-bond acceptors (Lipinski definition) is 1. The number of fused-ring (bicyclic) bond motifs is 1. The van der Waals surface area contributed by atoms with E-state index in [1.165, 1.54) is 6.07 Å². The van der Waals surface area contributed by atoms with E-state index in [0.717, 1.165) is 10.8 Å². The molecule has 0 heterocycles. The summed E-state index contributed by atoms with van der Waals surface area (Å²) in [4.78, 5) is 0. The Hall–Kier alpha value is -1.86. The van der Waals surface area contributed by atoms with Crippen LogP contribution in [0.25, 0.3) is 10.8 Å². The fourth-order valence-corrected chi connectivity index (χ4v) is 1.95. The fourth-order valence-electron chi connectivity index (χ4n) is 1.86. The molecule has 0 aliphatic rings. The van der Waals surface area contributed by atoms with Gasteiger partial charge in [-0.05, 0) is 11.5 Å². The summed E-state index contributed by atoms with van der Waals surface area (Å²) >= 11 is 5.56. The molecule has 2 aromatic rings. The molecule has 110 valence electrons. The van der Waals surface area contributed by atoms with Crippen LogP contribution in [0.1, 0.15) is 12.0 Å². The molecular weight excluding hydrogens is 301 g/mol. The first-order valence-electron chi connectivity index (χ1n) is 6.27. The molecule has 0 spiro atoms. The van der Waals surface area contributed by atoms with Gasteiger partial charge in [0.2, 0.25) is 0 Å². The Labute approximate surface area is 125 Å². The van der Waals surface area contributed by atoms with Crippen LogP contribution in [0.5, 0.6) is 5.75 Å². The van der Waals surface area contributed by atoms with E-state index in [1.54, 1.807) is 12.1 Å². The van der Waals surface area contributed by atoms with E-state index in [1.807, 2.05) is 18.2 Å². The topological polar surface area (TPSA) is 9.23 Å². The highest BCUT2D eigenvalue weighted by molar-refractivity contribution is 6.18. The minimum atomic E-state index is -4.38. The number of benzene rings is 2. The molecular formula is C16H12ClF3O. The third kappa shape index (κ3) is 4.30. The maximum absolute atomic E-state index is 12.3. The van der Waals surface area contributed by atoms with Gasteiger partial charge in [0.05, 0.1) is 5.56 Å². The first kappa shape index (κ1) is 15.5. The van der Waals surface area contributed by atoms with Gasteiger partial charge in [0.1, 0.15) is 5.75 Å². The van der Waals surface area contributed by atoms with E-state index < -0.39 is 12.8 Å². The van der Waals surface area contributed by atoms with Gasteiger partial charge >= 0.3 is 6.18 Å². The van der Waals surface area contributed by atoms with Crippen molar-refractivity contribution in [3.8, 4) is 17.6 Å². The second-order valence-corrected chi connectivity index (χ2v) is 4.68. The smallest absolute Gasteiger partial charge is 0.422 e. The first-order chi connectivity index (χ1) is 10.0. The molecule has 21 heavy (non-hydrogen) atoms. The van der Waals surface area contributed by atoms with E-state index >= 15 is 0 Å². The minimum Gasteiger partial charge on any atom is -0.483 e. The number of halogens is 4. The summed E-state index contributed by atoms with van der Waals surface area (Å²) in [5, 5.41) is 1.66. The Bertz CT molecular complexity index is 683. The van der Waals surface area contributed by atoms with E-state index in [4.69, 9.17) is 16.3 Å². The van der Waals surface area contributed by atoms with Crippen LogP contribution in [-0.4, -0.2) is 18.7 Å². The second-order valence-electron chi connectivity index (χ2n) is 4.30. The van der Waals surface area contributed by atoms with Crippen molar-refractivity contribution in [1.82, 2.24) is 0 Å². The third-order valence-electron chi connectivity index (χ3n) is 2.72. The Balaban J connectivity index is 2.44. The van der Waals surface area contributed by atoms with Gasteiger partial charge in [0, 0.05) is 17.7 Å². The molecule has 0 unspecified atom stereocenters. The van der Waals surface area contributed by atoms with Crippen molar-refractivity contribution in [2.75, 3.05) is 12.5 Å². The molecule has 0 aliphatic carbocycles. The molecule has 0 amide bonds. The molecule has 0 bridgehead atoms. The van der Waals surface area contributed by atoms with E-state index in [2.05, 4.69) is 11.8 Å². The van der Waals surface area contributed by atoms with Crippen LogP contribution in [0, 0.1) is 11.8 Å². The number of rotatable bonds is 3. The lowest BCUT2D eigenvalue weighted by Gasteiger charge is -2.12. The van der Waals surface area contributed by atoms with E-state index in [9.17, 15) is 13.2 Å². The monoisotopic (exact) mass is 312 g/mol. The van der Waals surface area contributed by atoms with Gasteiger partial charge in [-0.15, -0.1) is 11.6 Å². The summed E-state index contributed by atoms with van der Waals surface area (Å²) in [5.41, 5.74) is 0.461. The van der Waals surface area contributed by atoms with Crippen molar-refractivity contribution in [2.45, 2.75) is 12.6 Å². The molecule has 0 N–H and O–H groups in total. The molecule has 0 aromatic heterocycles. The largest absolute Gasteiger partial charge is 0.483 e. The van der Waals surface area contributed by atoms with Crippen LogP contribution in [0.2, 0.25) is 0 Å². The first-order valence-corrected chi connectivity index (χ1v) is 6.81. The molecule has 5 heteroatoms. The van der Waals surface area contributed by atoms with Gasteiger partial charge in [-0.1, -0.05) is 42.2 Å². The summed E-state index contributed by atoms with van der Waals surface area (Å²) in [6.45, 7) is -1.34. The van der Waals surface area contributed by atoms with Gasteiger partial charge in [0.25, 0.3) is 0 Å². The summed E-state index contributed by atoms with van der Waals surface area (Å²) < 4.78 is 41.8. The molecule has 0 radical (unpaired) electrons. The lowest BCUT2D eigenvalue weighted by Crippen LogP contribution is -2.19. The van der Waals surface area contributed by atoms with Crippen LogP contribution in [0.15, 0.2) is 36.4 Å². The lowest BCUT2D eigenvalue weighted by atomic mass is 10.0. The molecule has 2 aromatic carbocycles. The predicted molar refractivity (Wildman–Crippen MR) is 77.7 cm³/mol. The van der Waals surface area contributed by atoms with Crippen molar-refractivity contribution in [1.29, 1.82) is 0 Å². The standard InChI is InChI=1S/C16H12ClF3O/c17-10-4-3-7-14-13-6-2-1-5-12(13)8-9-15(14)21-11-16(18,19)20/h1-2,5-6,8-9H,4,10-11H2. The number of alkyl halides is 4. The van der Waals surface area contributed by atoms with Crippen molar-refractivity contribution >= 4 is 22.4 Å². The summed E-state index contributed by atoms with van der Waals surface area (Å²) in [6.07, 6.45) is -3.92. The quantitative estimate of drug-likeness (QED) is 0.586. The Morgan fingerprint density at radius 1 is 1.10 bits per heavy atom. The molecule has 1 nitrogen and oxygen atoms in total. The molecule has 0 aliphatic heterocycles. The number of hydrogen-bond donors (Lipinski definition) is 0. The number of ether oxygens (including phenoxy) is 1. The Morgan fingerprint density at radius 2 is 1.86 bits per heavy atom. The van der Waals surface area contributed by atoms with E-state index in [0.29, 0.717) is 17.9 Å². The highest BCUT2D eigenvalue weighted by atomic mass is 35.5. The van der Waals surface area contributed by atoms with Crippen LogP contribution < -0.4 is 4.74 Å². The molecule has 2 rings (SSSR count). The highest BCUT2D eigenvalue weighted by Crippen LogP contribution is 2.28. The average Bonchev–Trinajstić information content (AvgIpc) is 2.45. The molecule has 0 atom stereocenters. The van der Waals surface area contributed by atoms with Crippen LogP contribution in [-0.2, 0) is 0 Å². The lowest BCUT2D eigenvalue weighted by molar-refractivity contribution is -0.153. The minimum absolute atomic E-state index is 0.132. The summed E-state index contributed by atoms with van der Waals surface area (Å²) in [7, 11) is 0. The predicted octanol–water partition coefficient (Wildman–Crippen LogP) is 4.76. The Morgan fingerprint density at radius 3 is 2.57 bits per heavy atom. The van der Waals surface area contributed by atoms with Crippen LogP contribution in [0.4, 0.5) is 13.2 Å². The normalized spacial score (nSPS) is 11.0. The van der Waals surface area contributed by atoms with Gasteiger partial charge in [-0.3, -0.25) is 0 Å². The average molecular weight is 313 g/mol. The van der Waals surface area contributed by atoms with Gasteiger partial charge in [-0.25, -0.2) is 0 Å². The zero-order chi connectivity index (χ0) is 15.3. The van der Waals surface area contributed by atoms with Crippen LogP contribution in [0.3, 0.4) is 0 Å². The van der Waals surface area contributed by atoms with Crippen LogP contribution >= 0.6 is 11.6 Å². The summed E-state index contributed by atoms with van der Waals surface area (Å²) in [6, 6.07) is 10.6. The third-order valence-corrected chi connectivity index (χ3v) is 2.90. The highest BCUT2D eigenvalue weighted by Gasteiger charge is 2.28. The molecule has 0 saturated carbocycles. The second kappa shape index (κ2) is 6.73. The maximum Gasteiger partial charge on any atom is 0.422 e. The van der Waals surface area contributed by atoms with Gasteiger partial charge < -0.3 is 4.74 Å². The summed E-state index contributed by atoms with van der Waals surface area (Å²) in [5.74, 6) is 6.21.